The van der Waals surface area contributed by atoms with E-state index < -0.39 is 0 Å². The molecule has 1 heterocycles. The van der Waals surface area contributed by atoms with E-state index >= 15 is 0 Å². The van der Waals surface area contributed by atoms with Crippen molar-refractivity contribution in [2.24, 2.45) is 11.8 Å². The molecule has 3 unspecified atom stereocenters. The second-order valence-electron chi connectivity index (χ2n) is 9.08. The average molecular weight is 398 g/mol. The summed E-state index contributed by atoms with van der Waals surface area (Å²) < 4.78 is 6.36. The largest absolute Gasteiger partial charge is 0.489 e. The fourth-order valence-electron chi connectivity index (χ4n) is 4.98. The molecule has 3 aromatic carbocycles. The molecule has 0 spiro atoms. The van der Waals surface area contributed by atoms with Crippen LogP contribution in [-0.2, 0) is 6.61 Å². The maximum Gasteiger partial charge on any atom is 0.123 e. The Morgan fingerprint density at radius 2 is 1.60 bits per heavy atom. The smallest absolute Gasteiger partial charge is 0.123 e. The molecule has 1 saturated heterocycles. The van der Waals surface area contributed by atoms with Gasteiger partial charge in [-0.15, -0.1) is 0 Å². The first-order valence-corrected chi connectivity index (χ1v) is 11.3. The topological polar surface area (TPSA) is 12.5 Å². The van der Waals surface area contributed by atoms with Crippen molar-refractivity contribution in [1.29, 1.82) is 0 Å². The van der Waals surface area contributed by atoms with Crippen molar-refractivity contribution in [3.8, 4) is 5.75 Å². The van der Waals surface area contributed by atoms with Crippen LogP contribution in [0, 0.1) is 18.8 Å². The third kappa shape index (κ3) is 4.44. The Labute approximate surface area is 180 Å². The van der Waals surface area contributed by atoms with Crippen molar-refractivity contribution in [2.75, 3.05) is 19.6 Å². The minimum atomic E-state index is 0.355. The highest BCUT2D eigenvalue weighted by atomic mass is 16.5. The number of fused-ring (bicyclic) bond motifs is 1. The standard InChI is InChI=1S/C28H31NO/c1-21-12-13-28(30-20-22-8-4-2-5-9-22)27(16-21)26(23-10-6-3-7-11-23)14-15-29-18-24-17-25(24)19-29/h2-13,16,24-26H,14-15,17-20H2,1H3. The molecule has 1 saturated carbocycles. The van der Waals surface area contributed by atoms with Gasteiger partial charge in [0.25, 0.3) is 0 Å². The lowest BCUT2D eigenvalue weighted by Crippen LogP contribution is -2.25. The van der Waals surface area contributed by atoms with Gasteiger partial charge in [0.15, 0.2) is 0 Å². The monoisotopic (exact) mass is 397 g/mol. The van der Waals surface area contributed by atoms with Crippen LogP contribution >= 0.6 is 0 Å². The molecule has 0 amide bonds. The summed E-state index contributed by atoms with van der Waals surface area (Å²) in [6.07, 6.45) is 2.60. The average Bonchev–Trinajstić information content (AvgIpc) is 3.40. The number of piperidine rings is 1. The second-order valence-corrected chi connectivity index (χ2v) is 9.08. The molecule has 3 atom stereocenters. The predicted octanol–water partition coefficient (Wildman–Crippen LogP) is 6.05. The summed E-state index contributed by atoms with van der Waals surface area (Å²) in [4.78, 5) is 2.68. The Hall–Kier alpha value is -2.58. The number of likely N-dealkylation sites (tertiary alicyclic amines) is 1. The van der Waals surface area contributed by atoms with E-state index in [9.17, 15) is 0 Å². The number of benzene rings is 3. The van der Waals surface area contributed by atoms with Crippen LogP contribution in [0.25, 0.3) is 0 Å². The van der Waals surface area contributed by atoms with Gasteiger partial charge >= 0.3 is 0 Å². The Bertz CT molecular complexity index is 958. The van der Waals surface area contributed by atoms with E-state index in [0.717, 1.165) is 24.0 Å². The van der Waals surface area contributed by atoms with E-state index in [-0.39, 0.29) is 0 Å². The van der Waals surface area contributed by atoms with Gasteiger partial charge in [-0.25, -0.2) is 0 Å². The van der Waals surface area contributed by atoms with E-state index in [4.69, 9.17) is 4.74 Å². The molecule has 0 radical (unpaired) electrons. The van der Waals surface area contributed by atoms with Gasteiger partial charge in [-0.1, -0.05) is 78.4 Å². The molecule has 30 heavy (non-hydrogen) atoms. The minimum Gasteiger partial charge on any atom is -0.489 e. The highest BCUT2D eigenvalue weighted by molar-refractivity contribution is 5.44. The zero-order valence-corrected chi connectivity index (χ0v) is 17.8. The van der Waals surface area contributed by atoms with Crippen LogP contribution < -0.4 is 4.74 Å². The van der Waals surface area contributed by atoms with Gasteiger partial charge in [0.05, 0.1) is 0 Å². The number of ether oxygens (including phenoxy) is 1. The van der Waals surface area contributed by atoms with Crippen molar-refractivity contribution in [3.05, 3.63) is 101 Å². The van der Waals surface area contributed by atoms with Crippen molar-refractivity contribution in [3.63, 3.8) is 0 Å². The maximum absolute atomic E-state index is 6.36. The maximum atomic E-state index is 6.36. The molecule has 0 bridgehead atoms. The minimum absolute atomic E-state index is 0.355. The van der Waals surface area contributed by atoms with Crippen molar-refractivity contribution < 1.29 is 4.74 Å². The Morgan fingerprint density at radius 1 is 0.900 bits per heavy atom. The molecule has 0 aromatic heterocycles. The zero-order chi connectivity index (χ0) is 20.3. The van der Waals surface area contributed by atoms with Crippen LogP contribution in [0.3, 0.4) is 0 Å². The van der Waals surface area contributed by atoms with E-state index in [1.54, 1.807) is 0 Å². The zero-order valence-electron chi connectivity index (χ0n) is 17.8. The third-order valence-corrected chi connectivity index (χ3v) is 6.77. The first-order chi connectivity index (χ1) is 14.8. The molecule has 3 aromatic rings. The number of hydrogen-bond acceptors (Lipinski definition) is 2. The van der Waals surface area contributed by atoms with Crippen LogP contribution in [0.15, 0.2) is 78.9 Å². The molecule has 2 fully saturated rings. The summed E-state index contributed by atoms with van der Waals surface area (Å²) in [5.41, 5.74) is 5.20. The highest BCUT2D eigenvalue weighted by Gasteiger charge is 2.44. The molecular weight excluding hydrogens is 366 g/mol. The van der Waals surface area contributed by atoms with Gasteiger partial charge in [-0.2, -0.15) is 0 Å². The lowest BCUT2D eigenvalue weighted by atomic mass is 9.87. The molecule has 2 nitrogen and oxygen atoms in total. The molecule has 5 rings (SSSR count). The molecule has 0 N–H and O–H groups in total. The summed E-state index contributed by atoms with van der Waals surface area (Å²) >= 11 is 0. The fraction of sp³-hybridized carbons (Fsp3) is 0.357. The Morgan fingerprint density at radius 3 is 2.33 bits per heavy atom. The first-order valence-electron chi connectivity index (χ1n) is 11.3. The number of aryl methyl sites for hydroxylation is 1. The normalized spacial score (nSPS) is 21.2. The van der Waals surface area contributed by atoms with E-state index in [0.29, 0.717) is 12.5 Å². The van der Waals surface area contributed by atoms with Crippen LogP contribution in [-0.4, -0.2) is 24.5 Å². The second kappa shape index (κ2) is 8.65. The summed E-state index contributed by atoms with van der Waals surface area (Å²) in [7, 11) is 0. The summed E-state index contributed by atoms with van der Waals surface area (Å²) in [5.74, 6) is 3.35. The van der Waals surface area contributed by atoms with Crippen LogP contribution in [0.4, 0.5) is 0 Å². The quantitative estimate of drug-likeness (QED) is 0.459. The van der Waals surface area contributed by atoms with Crippen LogP contribution in [0.5, 0.6) is 5.75 Å². The SMILES string of the molecule is Cc1ccc(OCc2ccccc2)c(C(CCN2CC3CC3C2)c2ccccc2)c1. The van der Waals surface area contributed by atoms with Gasteiger partial charge in [-0.05, 0) is 55.3 Å². The van der Waals surface area contributed by atoms with E-state index in [1.165, 1.54) is 48.3 Å². The molecule has 1 aliphatic heterocycles. The number of hydrogen-bond donors (Lipinski definition) is 0. The summed E-state index contributed by atoms with van der Waals surface area (Å²) in [6.45, 7) is 6.56. The first kappa shape index (κ1) is 19.4. The molecule has 154 valence electrons. The van der Waals surface area contributed by atoms with Gasteiger partial charge in [0, 0.05) is 24.6 Å². The molecule has 2 heteroatoms. The lowest BCUT2D eigenvalue weighted by Gasteiger charge is -2.25. The molecule has 1 aliphatic carbocycles. The van der Waals surface area contributed by atoms with Crippen molar-refractivity contribution >= 4 is 0 Å². The van der Waals surface area contributed by atoms with Crippen LogP contribution in [0.2, 0.25) is 0 Å². The Balaban J connectivity index is 1.39. The number of nitrogens with zero attached hydrogens (tertiary/aromatic N) is 1. The lowest BCUT2D eigenvalue weighted by molar-refractivity contribution is 0.287. The van der Waals surface area contributed by atoms with Crippen molar-refractivity contribution in [1.82, 2.24) is 4.90 Å². The van der Waals surface area contributed by atoms with Gasteiger partial charge in [0.2, 0.25) is 0 Å². The van der Waals surface area contributed by atoms with E-state index in [1.807, 2.05) is 0 Å². The Kier molecular flexibility index (Phi) is 5.59. The summed E-state index contributed by atoms with van der Waals surface area (Å²) in [5, 5.41) is 0. The molecule has 2 aliphatic rings. The summed E-state index contributed by atoms with van der Waals surface area (Å²) in [6, 6.07) is 28.1. The van der Waals surface area contributed by atoms with Gasteiger partial charge in [-0.3, -0.25) is 0 Å². The fourth-order valence-corrected chi connectivity index (χ4v) is 4.98. The number of rotatable bonds is 8. The van der Waals surface area contributed by atoms with Gasteiger partial charge < -0.3 is 9.64 Å². The van der Waals surface area contributed by atoms with Crippen molar-refractivity contribution in [2.45, 2.75) is 32.3 Å². The van der Waals surface area contributed by atoms with E-state index in [2.05, 4.69) is 90.7 Å². The van der Waals surface area contributed by atoms with Crippen LogP contribution in [0.1, 0.15) is 41.0 Å². The highest BCUT2D eigenvalue weighted by Crippen LogP contribution is 2.45. The molecular formula is C28H31NO. The predicted molar refractivity (Wildman–Crippen MR) is 123 cm³/mol. The third-order valence-electron chi connectivity index (χ3n) is 6.77. The van der Waals surface area contributed by atoms with Gasteiger partial charge in [0.1, 0.15) is 12.4 Å².